The SMILES string of the molecule is CCCCCCCCCCCCCCCCCCCC(=O)O[C@H](COC(=O)CCCCCCCCCCCCCCCCCC)COP(=O)(O)OC[C@@H](O)COP(=O)(O)OC[C@@H](COC(=O)CCCCCCCCCCCCCCC)OC(=O)CCCCCCCCCCCCCCCCCC. The van der Waals surface area contributed by atoms with Gasteiger partial charge in [-0.25, -0.2) is 9.13 Å². The van der Waals surface area contributed by atoms with Crippen molar-refractivity contribution in [3.05, 3.63) is 0 Å². The van der Waals surface area contributed by atoms with E-state index in [2.05, 4.69) is 27.7 Å². The van der Waals surface area contributed by atoms with Gasteiger partial charge < -0.3 is 33.8 Å². The molecule has 3 N–H and O–H groups in total. The molecule has 606 valence electrons. The fraction of sp³-hybridized carbons (Fsp3) is 0.952. The molecule has 0 bridgehead atoms. The second kappa shape index (κ2) is 77.2. The van der Waals surface area contributed by atoms with Crippen LogP contribution in [0.4, 0.5) is 0 Å². The number of phosphoric acid groups is 2. The number of phosphoric ester groups is 2. The number of rotatable bonds is 84. The summed E-state index contributed by atoms with van der Waals surface area (Å²) in [5, 5.41) is 10.7. The molecule has 0 heterocycles. The van der Waals surface area contributed by atoms with Crippen LogP contribution in [0.25, 0.3) is 0 Å². The van der Waals surface area contributed by atoms with Crippen LogP contribution < -0.4 is 0 Å². The minimum atomic E-state index is -4.96. The maximum atomic E-state index is 13.1. The van der Waals surface area contributed by atoms with Gasteiger partial charge in [-0.2, -0.15) is 0 Å². The zero-order valence-corrected chi connectivity index (χ0v) is 68.4. The smallest absolute Gasteiger partial charge is 0.462 e. The van der Waals surface area contributed by atoms with E-state index in [1.807, 2.05) is 0 Å². The van der Waals surface area contributed by atoms with E-state index in [9.17, 15) is 43.2 Å². The molecule has 0 radical (unpaired) electrons. The van der Waals surface area contributed by atoms with Crippen molar-refractivity contribution >= 4 is 39.5 Å². The van der Waals surface area contributed by atoms with Crippen LogP contribution in [-0.4, -0.2) is 96.7 Å². The number of carbonyl (C=O) groups excluding carboxylic acids is 4. The predicted octanol–water partition coefficient (Wildman–Crippen LogP) is 25.4. The molecular formula is C83H162O17P2. The van der Waals surface area contributed by atoms with Crippen molar-refractivity contribution < 1.29 is 80.2 Å². The lowest BCUT2D eigenvalue weighted by molar-refractivity contribution is -0.161. The summed E-state index contributed by atoms with van der Waals surface area (Å²) in [4.78, 5) is 73.2. The average molecular weight is 1490 g/mol. The van der Waals surface area contributed by atoms with Gasteiger partial charge in [0.15, 0.2) is 12.2 Å². The third-order valence-electron chi connectivity index (χ3n) is 19.6. The molecule has 0 spiro atoms. The highest BCUT2D eigenvalue weighted by atomic mass is 31.2. The van der Waals surface area contributed by atoms with Gasteiger partial charge >= 0.3 is 39.5 Å². The number of aliphatic hydroxyl groups is 1. The van der Waals surface area contributed by atoms with Crippen molar-refractivity contribution in [3.8, 4) is 0 Å². The minimum absolute atomic E-state index is 0.109. The molecule has 17 nitrogen and oxygen atoms in total. The molecular weight excluding hydrogens is 1330 g/mol. The fourth-order valence-corrected chi connectivity index (χ4v) is 14.6. The van der Waals surface area contributed by atoms with Gasteiger partial charge in [-0.15, -0.1) is 0 Å². The van der Waals surface area contributed by atoms with E-state index in [-0.39, 0.29) is 25.7 Å². The summed E-state index contributed by atoms with van der Waals surface area (Å²) in [5.74, 6) is -2.10. The third-order valence-corrected chi connectivity index (χ3v) is 21.5. The highest BCUT2D eigenvalue weighted by molar-refractivity contribution is 7.47. The summed E-state index contributed by atoms with van der Waals surface area (Å²) in [6.07, 6.45) is 70.6. The highest BCUT2D eigenvalue weighted by Crippen LogP contribution is 2.45. The van der Waals surface area contributed by atoms with Crippen molar-refractivity contribution in [1.29, 1.82) is 0 Å². The Balaban J connectivity index is 5.26. The first-order chi connectivity index (χ1) is 49.7. The second-order valence-electron chi connectivity index (χ2n) is 29.9. The maximum Gasteiger partial charge on any atom is 0.472 e. The summed E-state index contributed by atoms with van der Waals surface area (Å²) in [6.45, 7) is 5.06. The highest BCUT2D eigenvalue weighted by Gasteiger charge is 2.30. The normalized spacial score (nSPS) is 13.8. The van der Waals surface area contributed by atoms with Gasteiger partial charge in [0, 0.05) is 25.7 Å². The van der Waals surface area contributed by atoms with Crippen LogP contribution in [0.2, 0.25) is 0 Å². The molecule has 0 fully saturated rings. The first-order valence-electron chi connectivity index (χ1n) is 43.3. The lowest BCUT2D eigenvalue weighted by Crippen LogP contribution is -2.30. The first kappa shape index (κ1) is 100. The molecule has 0 amide bonds. The summed E-state index contributed by atoms with van der Waals surface area (Å²) in [5.41, 5.74) is 0. The largest absolute Gasteiger partial charge is 0.472 e. The maximum absolute atomic E-state index is 13.1. The van der Waals surface area contributed by atoms with E-state index in [0.29, 0.717) is 25.7 Å². The Kier molecular flexibility index (Phi) is 75.8. The molecule has 0 aromatic rings. The van der Waals surface area contributed by atoms with E-state index < -0.39 is 97.5 Å². The van der Waals surface area contributed by atoms with Crippen LogP contribution in [0.3, 0.4) is 0 Å². The molecule has 0 aliphatic heterocycles. The van der Waals surface area contributed by atoms with Crippen LogP contribution in [0.15, 0.2) is 0 Å². The monoisotopic (exact) mass is 1490 g/mol. The Labute approximate surface area is 626 Å². The zero-order chi connectivity index (χ0) is 74.6. The van der Waals surface area contributed by atoms with Gasteiger partial charge in [0.25, 0.3) is 0 Å². The lowest BCUT2D eigenvalue weighted by atomic mass is 10.0. The topological polar surface area (TPSA) is 237 Å². The number of hydrogen-bond acceptors (Lipinski definition) is 15. The number of esters is 4. The third kappa shape index (κ3) is 76.3. The first-order valence-corrected chi connectivity index (χ1v) is 46.3. The molecule has 0 saturated carbocycles. The number of aliphatic hydroxyl groups excluding tert-OH is 1. The van der Waals surface area contributed by atoms with Crippen LogP contribution in [0.1, 0.15) is 451 Å². The number of carbonyl (C=O) groups is 4. The molecule has 19 heteroatoms. The standard InChI is InChI=1S/C83H162O17P2/c1-5-9-13-17-21-25-29-33-36-39-42-46-50-54-58-62-66-70-83(88)100-79(74-94-81(86)68-64-60-56-52-48-44-40-37-34-30-26-22-18-14-10-6-2)76-98-102(91,92)96-72-77(84)71-95-101(89,90)97-75-78(73-93-80(85)67-63-59-55-51-47-43-32-28-24-20-16-12-8-4)99-82(87)69-65-61-57-53-49-45-41-38-35-31-27-23-19-15-11-7-3/h77-79,84H,5-76H2,1-4H3,(H,89,90)(H,91,92)/t77-,78+,79+/m0/s1. The molecule has 0 rings (SSSR count). The van der Waals surface area contributed by atoms with E-state index in [1.54, 1.807) is 0 Å². The van der Waals surface area contributed by atoms with Gasteiger partial charge in [-0.05, 0) is 25.7 Å². The molecule has 0 aliphatic rings. The van der Waals surface area contributed by atoms with Gasteiger partial charge in [0.2, 0.25) is 0 Å². The van der Waals surface area contributed by atoms with Gasteiger partial charge in [-0.3, -0.25) is 37.3 Å². The Hall–Kier alpha value is -1.94. The quantitative estimate of drug-likeness (QED) is 0.0222. The van der Waals surface area contributed by atoms with Crippen LogP contribution in [-0.2, 0) is 65.4 Å². The lowest BCUT2D eigenvalue weighted by Gasteiger charge is -2.21. The molecule has 0 aromatic heterocycles. The molecule has 0 aromatic carbocycles. The fourth-order valence-electron chi connectivity index (χ4n) is 13.0. The van der Waals surface area contributed by atoms with E-state index in [1.165, 1.54) is 283 Å². The van der Waals surface area contributed by atoms with Crippen molar-refractivity contribution in [2.75, 3.05) is 39.6 Å². The average Bonchev–Trinajstić information content (AvgIpc) is 0.917. The van der Waals surface area contributed by atoms with Crippen molar-refractivity contribution in [2.45, 2.75) is 470 Å². The van der Waals surface area contributed by atoms with E-state index in [0.717, 1.165) is 89.9 Å². The summed E-state index contributed by atoms with van der Waals surface area (Å²) >= 11 is 0. The van der Waals surface area contributed by atoms with E-state index in [4.69, 9.17) is 37.0 Å². The molecule has 2 unspecified atom stereocenters. The predicted molar refractivity (Wildman–Crippen MR) is 419 cm³/mol. The molecule has 102 heavy (non-hydrogen) atoms. The van der Waals surface area contributed by atoms with Gasteiger partial charge in [0.1, 0.15) is 19.3 Å². The Bertz CT molecular complexity index is 1930. The number of hydrogen-bond donors (Lipinski definition) is 3. The van der Waals surface area contributed by atoms with Gasteiger partial charge in [0.05, 0.1) is 26.4 Å². The molecule has 0 saturated heterocycles. The molecule has 0 aliphatic carbocycles. The van der Waals surface area contributed by atoms with Crippen LogP contribution in [0.5, 0.6) is 0 Å². The Morgan fingerprint density at radius 2 is 0.392 bits per heavy atom. The summed E-state index contributed by atoms with van der Waals surface area (Å²) < 4.78 is 68.9. The Morgan fingerprint density at radius 3 is 0.578 bits per heavy atom. The number of unbranched alkanes of at least 4 members (excludes halogenated alkanes) is 58. The second-order valence-corrected chi connectivity index (χ2v) is 32.8. The minimum Gasteiger partial charge on any atom is -0.462 e. The number of ether oxygens (including phenoxy) is 4. The van der Waals surface area contributed by atoms with E-state index >= 15 is 0 Å². The van der Waals surface area contributed by atoms with Gasteiger partial charge in [-0.1, -0.05) is 400 Å². The zero-order valence-electron chi connectivity index (χ0n) is 66.6. The molecule has 5 atom stereocenters. The van der Waals surface area contributed by atoms with Crippen molar-refractivity contribution in [2.24, 2.45) is 0 Å². The summed E-state index contributed by atoms with van der Waals surface area (Å²) in [6, 6.07) is 0. The summed E-state index contributed by atoms with van der Waals surface area (Å²) in [7, 11) is -9.92. The van der Waals surface area contributed by atoms with Crippen LogP contribution >= 0.6 is 15.6 Å². The Morgan fingerprint density at radius 1 is 0.235 bits per heavy atom. The van der Waals surface area contributed by atoms with Crippen molar-refractivity contribution in [3.63, 3.8) is 0 Å². The van der Waals surface area contributed by atoms with Crippen LogP contribution in [0, 0.1) is 0 Å². The van der Waals surface area contributed by atoms with Crippen molar-refractivity contribution in [1.82, 2.24) is 0 Å².